The van der Waals surface area contributed by atoms with Crippen molar-refractivity contribution in [3.63, 3.8) is 0 Å². The van der Waals surface area contributed by atoms with Crippen LogP contribution in [0.4, 0.5) is 0 Å². The summed E-state index contributed by atoms with van der Waals surface area (Å²) in [5, 5.41) is 10.1. The molecule has 0 spiro atoms. The largest absolute Gasteiger partial charge is 0.390 e. The van der Waals surface area contributed by atoms with Crippen LogP contribution < -0.4 is 0 Å². The van der Waals surface area contributed by atoms with E-state index in [1.165, 1.54) is 5.57 Å². The third-order valence-corrected chi connectivity index (χ3v) is 2.99. The fourth-order valence-corrected chi connectivity index (χ4v) is 1.50. The van der Waals surface area contributed by atoms with E-state index in [1.54, 1.807) is 0 Å². The van der Waals surface area contributed by atoms with Gasteiger partial charge < -0.3 is 5.11 Å². The molecule has 0 aromatic rings. The van der Waals surface area contributed by atoms with Crippen molar-refractivity contribution in [1.82, 2.24) is 0 Å². The van der Waals surface area contributed by atoms with Gasteiger partial charge in [-0.1, -0.05) is 32.4 Å². The molecule has 0 radical (unpaired) electrons. The van der Waals surface area contributed by atoms with E-state index in [1.807, 2.05) is 6.92 Å². The molecule has 1 unspecified atom stereocenters. The molecule has 0 aliphatic carbocycles. The summed E-state index contributed by atoms with van der Waals surface area (Å²) < 4.78 is 0. The second kappa shape index (κ2) is 7.05. The van der Waals surface area contributed by atoms with Crippen LogP contribution >= 0.6 is 0 Å². The minimum absolute atomic E-state index is 0.477. The normalized spacial score (nSPS) is 16.9. The van der Waals surface area contributed by atoms with Gasteiger partial charge in [0.05, 0.1) is 5.60 Å². The lowest BCUT2D eigenvalue weighted by molar-refractivity contribution is 0.0376. The molecular formula is C14H28O. The molecule has 0 aliphatic rings. The van der Waals surface area contributed by atoms with Gasteiger partial charge in [-0.05, 0) is 51.9 Å². The van der Waals surface area contributed by atoms with E-state index in [0.29, 0.717) is 5.92 Å². The van der Waals surface area contributed by atoms with E-state index in [0.717, 1.165) is 32.1 Å². The van der Waals surface area contributed by atoms with Gasteiger partial charge in [-0.2, -0.15) is 0 Å². The van der Waals surface area contributed by atoms with Crippen molar-refractivity contribution in [2.45, 2.75) is 72.3 Å². The Kier molecular flexibility index (Phi) is 6.91. The number of rotatable bonds is 7. The van der Waals surface area contributed by atoms with Gasteiger partial charge in [-0.25, -0.2) is 0 Å². The zero-order chi connectivity index (χ0) is 11.9. The highest BCUT2D eigenvalue weighted by molar-refractivity contribution is 4.97. The Bertz CT molecular complexity index is 190. The molecule has 1 nitrogen and oxygen atoms in total. The average Bonchev–Trinajstić information content (AvgIpc) is 2.14. The van der Waals surface area contributed by atoms with Crippen LogP contribution in [0.15, 0.2) is 11.6 Å². The molecule has 15 heavy (non-hydrogen) atoms. The highest BCUT2D eigenvalue weighted by atomic mass is 16.3. The summed E-state index contributed by atoms with van der Waals surface area (Å²) in [5.41, 5.74) is 0.948. The number of hydrogen-bond acceptors (Lipinski definition) is 1. The molecular weight excluding hydrogens is 184 g/mol. The van der Waals surface area contributed by atoms with E-state index in [9.17, 15) is 5.11 Å². The number of aliphatic hydroxyl groups is 1. The molecule has 0 aliphatic heterocycles. The fraction of sp³-hybridized carbons (Fsp3) is 0.857. The van der Waals surface area contributed by atoms with Crippen molar-refractivity contribution in [2.24, 2.45) is 5.92 Å². The van der Waals surface area contributed by atoms with Crippen LogP contribution in [-0.4, -0.2) is 10.7 Å². The predicted octanol–water partition coefficient (Wildman–Crippen LogP) is 4.31. The SMILES string of the molecule is CC/C(C)=C/CCC(C)(O)CCC(C)C. The molecule has 0 aromatic heterocycles. The van der Waals surface area contributed by atoms with Crippen LogP contribution in [0.3, 0.4) is 0 Å². The Morgan fingerprint density at radius 1 is 1.33 bits per heavy atom. The third-order valence-electron chi connectivity index (χ3n) is 2.99. The highest BCUT2D eigenvalue weighted by Crippen LogP contribution is 2.22. The molecule has 0 fully saturated rings. The van der Waals surface area contributed by atoms with Gasteiger partial charge in [0.2, 0.25) is 0 Å². The Balaban J connectivity index is 3.83. The van der Waals surface area contributed by atoms with Crippen molar-refractivity contribution in [1.29, 1.82) is 0 Å². The first-order chi connectivity index (χ1) is 6.87. The van der Waals surface area contributed by atoms with Crippen LogP contribution in [0.25, 0.3) is 0 Å². The van der Waals surface area contributed by atoms with Gasteiger partial charge in [0.25, 0.3) is 0 Å². The van der Waals surface area contributed by atoms with Crippen molar-refractivity contribution in [3.8, 4) is 0 Å². The van der Waals surface area contributed by atoms with Crippen molar-refractivity contribution in [2.75, 3.05) is 0 Å². The summed E-state index contributed by atoms with van der Waals surface area (Å²) in [6.07, 6.45) is 7.30. The summed E-state index contributed by atoms with van der Waals surface area (Å²) in [6.45, 7) is 10.7. The molecule has 90 valence electrons. The molecule has 1 N–H and O–H groups in total. The van der Waals surface area contributed by atoms with Crippen LogP contribution in [0.2, 0.25) is 0 Å². The van der Waals surface area contributed by atoms with Gasteiger partial charge in [-0.3, -0.25) is 0 Å². The van der Waals surface area contributed by atoms with Crippen LogP contribution in [0.1, 0.15) is 66.7 Å². The second-order valence-corrected chi connectivity index (χ2v) is 5.37. The van der Waals surface area contributed by atoms with E-state index < -0.39 is 5.60 Å². The topological polar surface area (TPSA) is 20.2 Å². The highest BCUT2D eigenvalue weighted by Gasteiger charge is 2.19. The van der Waals surface area contributed by atoms with Gasteiger partial charge >= 0.3 is 0 Å². The zero-order valence-corrected chi connectivity index (χ0v) is 11.1. The van der Waals surface area contributed by atoms with Crippen molar-refractivity contribution < 1.29 is 5.11 Å². The second-order valence-electron chi connectivity index (χ2n) is 5.37. The van der Waals surface area contributed by atoms with Gasteiger partial charge in [0.15, 0.2) is 0 Å². The molecule has 1 atom stereocenters. The molecule has 0 bridgehead atoms. The predicted molar refractivity (Wildman–Crippen MR) is 68.0 cm³/mol. The molecule has 1 heteroatoms. The maximum absolute atomic E-state index is 10.1. The fourth-order valence-electron chi connectivity index (χ4n) is 1.50. The monoisotopic (exact) mass is 212 g/mol. The number of allylic oxidation sites excluding steroid dienone is 2. The van der Waals surface area contributed by atoms with Crippen molar-refractivity contribution in [3.05, 3.63) is 11.6 Å². The van der Waals surface area contributed by atoms with E-state index in [4.69, 9.17) is 0 Å². The maximum Gasteiger partial charge on any atom is 0.0622 e. The lowest BCUT2D eigenvalue weighted by Gasteiger charge is -2.23. The molecule has 0 amide bonds. The maximum atomic E-state index is 10.1. The van der Waals surface area contributed by atoms with E-state index >= 15 is 0 Å². The average molecular weight is 212 g/mol. The Morgan fingerprint density at radius 2 is 1.93 bits per heavy atom. The van der Waals surface area contributed by atoms with Gasteiger partial charge in [0.1, 0.15) is 0 Å². The van der Waals surface area contributed by atoms with E-state index in [2.05, 4.69) is 33.8 Å². The molecule has 0 saturated heterocycles. The zero-order valence-electron chi connectivity index (χ0n) is 11.1. The van der Waals surface area contributed by atoms with Crippen LogP contribution in [-0.2, 0) is 0 Å². The Labute approximate surface area is 95.6 Å². The molecule has 0 aromatic carbocycles. The van der Waals surface area contributed by atoms with Crippen molar-refractivity contribution >= 4 is 0 Å². The van der Waals surface area contributed by atoms with Gasteiger partial charge in [0, 0.05) is 0 Å². The summed E-state index contributed by atoms with van der Waals surface area (Å²) in [5.74, 6) is 0.685. The van der Waals surface area contributed by atoms with E-state index in [-0.39, 0.29) is 0 Å². The summed E-state index contributed by atoms with van der Waals surface area (Å²) in [4.78, 5) is 0. The number of hydrogen-bond donors (Lipinski definition) is 1. The first-order valence-corrected chi connectivity index (χ1v) is 6.25. The molecule has 0 rings (SSSR count). The lowest BCUT2D eigenvalue weighted by Crippen LogP contribution is -2.24. The first-order valence-electron chi connectivity index (χ1n) is 6.25. The quantitative estimate of drug-likeness (QED) is 0.623. The minimum atomic E-state index is -0.477. The standard InChI is InChI=1S/C14H28O/c1-6-13(4)8-7-10-14(5,15)11-9-12(2)3/h8,12,15H,6-7,9-11H2,1-5H3/b13-8+. The Hall–Kier alpha value is -0.300. The van der Waals surface area contributed by atoms with Crippen LogP contribution in [0, 0.1) is 5.92 Å². The van der Waals surface area contributed by atoms with Gasteiger partial charge in [-0.15, -0.1) is 0 Å². The first kappa shape index (κ1) is 14.7. The van der Waals surface area contributed by atoms with Crippen LogP contribution in [0.5, 0.6) is 0 Å². The minimum Gasteiger partial charge on any atom is -0.390 e. The third kappa shape index (κ3) is 8.68. The molecule has 0 heterocycles. The summed E-state index contributed by atoms with van der Waals surface area (Å²) >= 11 is 0. The smallest absolute Gasteiger partial charge is 0.0622 e. The lowest BCUT2D eigenvalue weighted by atomic mass is 9.91. The molecule has 0 saturated carbocycles. The summed E-state index contributed by atoms with van der Waals surface area (Å²) in [6, 6.07) is 0. The summed E-state index contributed by atoms with van der Waals surface area (Å²) in [7, 11) is 0. The Morgan fingerprint density at radius 3 is 2.40 bits per heavy atom.